The lowest BCUT2D eigenvalue weighted by Gasteiger charge is -2.32. The summed E-state index contributed by atoms with van der Waals surface area (Å²) in [7, 11) is 1.42. The number of nitrogens with zero attached hydrogens (tertiary/aromatic N) is 3. The van der Waals surface area contributed by atoms with Crippen molar-refractivity contribution in [2.45, 2.75) is 32.0 Å². The number of rotatable bonds is 5. The molecule has 0 aromatic heterocycles. The van der Waals surface area contributed by atoms with E-state index in [-0.39, 0.29) is 55.0 Å². The van der Waals surface area contributed by atoms with Gasteiger partial charge in [0.1, 0.15) is 6.54 Å². The van der Waals surface area contributed by atoms with Gasteiger partial charge in [-0.25, -0.2) is 4.79 Å². The molecule has 1 aromatic rings. The van der Waals surface area contributed by atoms with E-state index in [0.29, 0.717) is 19.4 Å². The molecule has 4 amide bonds. The second-order valence-electron chi connectivity index (χ2n) is 8.98. The van der Waals surface area contributed by atoms with Crippen molar-refractivity contribution < 1.29 is 37.1 Å². The number of carbonyl (C=O) groups is 4. The minimum Gasteiger partial charge on any atom is -0.466 e. The van der Waals surface area contributed by atoms with Gasteiger partial charge in [-0.1, -0.05) is 18.2 Å². The van der Waals surface area contributed by atoms with Crippen LogP contribution in [-0.4, -0.2) is 78.3 Å². The molecule has 1 fully saturated rings. The maximum absolute atomic E-state index is 13.7. The number of nitrogens with one attached hydrogen (secondary N) is 1. The van der Waals surface area contributed by atoms with Crippen LogP contribution in [0.1, 0.15) is 36.9 Å². The third-order valence-electron chi connectivity index (χ3n) is 6.73. The number of esters is 1. The fourth-order valence-corrected chi connectivity index (χ4v) is 4.91. The van der Waals surface area contributed by atoms with E-state index in [4.69, 9.17) is 4.74 Å². The second-order valence-corrected chi connectivity index (χ2v) is 8.98. The molecule has 4 rings (SSSR count). The number of halogens is 3. The first-order valence-corrected chi connectivity index (χ1v) is 11.7. The average Bonchev–Trinajstić information content (AvgIpc) is 3.17. The first kappa shape index (κ1) is 25.5. The largest absolute Gasteiger partial charge is 0.466 e. The number of urea groups is 1. The summed E-state index contributed by atoms with van der Waals surface area (Å²) in [4.78, 5) is 55.0. The number of hydrogen-bond acceptors (Lipinski definition) is 5. The highest BCUT2D eigenvalue weighted by atomic mass is 19.4. The zero-order chi connectivity index (χ0) is 26.2. The molecule has 0 unspecified atom stereocenters. The van der Waals surface area contributed by atoms with Gasteiger partial charge in [-0.15, -0.1) is 0 Å². The summed E-state index contributed by atoms with van der Waals surface area (Å²) < 4.78 is 46.1. The maximum Gasteiger partial charge on any atom is 0.416 e. The molecule has 0 aliphatic carbocycles. The van der Waals surface area contributed by atoms with Crippen molar-refractivity contribution in [2.75, 3.05) is 39.8 Å². The van der Waals surface area contributed by atoms with Gasteiger partial charge in [0.15, 0.2) is 0 Å². The minimum atomic E-state index is -4.69. The molecule has 3 aliphatic heterocycles. The highest BCUT2D eigenvalue weighted by Gasteiger charge is 2.46. The fourth-order valence-electron chi connectivity index (χ4n) is 4.91. The number of hydrogen-bond donors (Lipinski definition) is 1. The summed E-state index contributed by atoms with van der Waals surface area (Å²) in [6, 6.07) is 2.82. The Morgan fingerprint density at radius 3 is 2.61 bits per heavy atom. The van der Waals surface area contributed by atoms with Gasteiger partial charge in [0.05, 0.1) is 41.9 Å². The van der Waals surface area contributed by atoms with Crippen molar-refractivity contribution >= 4 is 23.8 Å². The van der Waals surface area contributed by atoms with Crippen LogP contribution in [0, 0.1) is 5.92 Å². The van der Waals surface area contributed by atoms with E-state index < -0.39 is 35.6 Å². The lowest BCUT2D eigenvalue weighted by Crippen LogP contribution is -2.47. The molecule has 12 heteroatoms. The topological polar surface area (TPSA) is 99.3 Å². The first-order valence-electron chi connectivity index (χ1n) is 11.7. The Balaban J connectivity index is 1.55. The molecule has 1 saturated heterocycles. The van der Waals surface area contributed by atoms with E-state index in [0.717, 1.165) is 6.07 Å². The summed E-state index contributed by atoms with van der Waals surface area (Å²) >= 11 is 0. The monoisotopic (exact) mass is 508 g/mol. The molecule has 0 spiro atoms. The summed E-state index contributed by atoms with van der Waals surface area (Å²) in [5.41, 5.74) is -0.938. The number of alkyl halides is 3. The third kappa shape index (κ3) is 4.76. The van der Waals surface area contributed by atoms with E-state index in [1.807, 2.05) is 0 Å². The van der Waals surface area contributed by atoms with Crippen molar-refractivity contribution in [1.29, 1.82) is 0 Å². The highest BCUT2D eigenvalue weighted by Crippen LogP contribution is 2.41. The van der Waals surface area contributed by atoms with Crippen LogP contribution in [0.2, 0.25) is 0 Å². The van der Waals surface area contributed by atoms with E-state index >= 15 is 0 Å². The number of piperidine rings is 1. The number of benzene rings is 1. The lowest BCUT2D eigenvalue weighted by atomic mass is 9.92. The van der Waals surface area contributed by atoms with Crippen molar-refractivity contribution in [3.63, 3.8) is 0 Å². The summed E-state index contributed by atoms with van der Waals surface area (Å²) in [6.07, 6.45) is -3.48. The van der Waals surface area contributed by atoms with Crippen LogP contribution in [-0.2, 0) is 25.3 Å². The first-order chi connectivity index (χ1) is 17.0. The van der Waals surface area contributed by atoms with Gasteiger partial charge in [-0.2, -0.15) is 13.2 Å². The molecule has 0 saturated carbocycles. The van der Waals surface area contributed by atoms with Gasteiger partial charge in [0.25, 0.3) is 5.91 Å². The number of amides is 4. The maximum atomic E-state index is 13.7. The normalized spacial score (nSPS) is 22.5. The molecule has 9 nitrogen and oxygen atoms in total. The van der Waals surface area contributed by atoms with Crippen LogP contribution in [0.3, 0.4) is 0 Å². The van der Waals surface area contributed by atoms with Crippen LogP contribution in [0.25, 0.3) is 0 Å². The van der Waals surface area contributed by atoms with E-state index in [2.05, 4.69) is 5.32 Å². The number of carbonyl (C=O) groups excluding carboxylic acids is 4. The predicted molar refractivity (Wildman–Crippen MR) is 120 cm³/mol. The van der Waals surface area contributed by atoms with Gasteiger partial charge in [-0.3, -0.25) is 19.3 Å². The molecule has 1 N–H and O–H groups in total. The van der Waals surface area contributed by atoms with Gasteiger partial charge in [-0.05, 0) is 31.4 Å². The van der Waals surface area contributed by atoms with Crippen LogP contribution in [0.4, 0.5) is 18.0 Å². The summed E-state index contributed by atoms with van der Waals surface area (Å²) in [5.74, 6) is -1.82. The molecule has 36 heavy (non-hydrogen) atoms. The van der Waals surface area contributed by atoms with Crippen molar-refractivity contribution in [1.82, 2.24) is 20.0 Å². The SMILES string of the molecule is CCOC(=O)[C@@H]1CCCN(C(=O)CN2CC3=C(C2=O)[C@@H](c2ccccc2C(F)(F)F)NC(=O)N3C)C1. The summed E-state index contributed by atoms with van der Waals surface area (Å²) in [6.45, 7) is 2.12. The zero-order valence-corrected chi connectivity index (χ0v) is 19.9. The second kappa shape index (κ2) is 9.82. The summed E-state index contributed by atoms with van der Waals surface area (Å²) in [5, 5.41) is 2.50. The van der Waals surface area contributed by atoms with Crippen LogP contribution < -0.4 is 5.32 Å². The van der Waals surface area contributed by atoms with Crippen molar-refractivity contribution in [3.05, 3.63) is 46.7 Å². The zero-order valence-electron chi connectivity index (χ0n) is 19.9. The predicted octanol–water partition coefficient (Wildman–Crippen LogP) is 2.30. The van der Waals surface area contributed by atoms with E-state index in [9.17, 15) is 32.3 Å². The van der Waals surface area contributed by atoms with Crippen LogP contribution >= 0.6 is 0 Å². The molecule has 1 aromatic carbocycles. The Morgan fingerprint density at radius 1 is 1.19 bits per heavy atom. The molecule has 0 radical (unpaired) electrons. The van der Waals surface area contributed by atoms with Crippen LogP contribution in [0.5, 0.6) is 0 Å². The quantitative estimate of drug-likeness (QED) is 0.616. The van der Waals surface area contributed by atoms with Gasteiger partial charge in [0.2, 0.25) is 5.91 Å². The Morgan fingerprint density at radius 2 is 1.92 bits per heavy atom. The standard InChI is InChI=1S/C24H27F3N4O5/c1-3-36-22(34)14-7-6-10-30(11-14)18(32)13-31-12-17-19(21(31)33)20(28-23(35)29(17)2)15-8-4-5-9-16(15)24(25,26)27/h4-5,8-9,14,20H,3,6-7,10-13H2,1-2H3,(H,28,35)/t14-,20-/m1/s1. The fraction of sp³-hybridized carbons (Fsp3) is 0.500. The number of ether oxygens (including phenoxy) is 1. The minimum absolute atomic E-state index is 0.00430. The molecule has 2 atom stereocenters. The van der Waals surface area contributed by atoms with E-state index in [1.165, 1.54) is 39.9 Å². The molecule has 194 valence electrons. The highest BCUT2D eigenvalue weighted by molar-refractivity contribution is 6.03. The number of likely N-dealkylation sites (N-methyl/N-ethyl adjacent to an activating group) is 1. The Kier molecular flexibility index (Phi) is 6.96. The Hall–Kier alpha value is -3.57. The molecule has 0 bridgehead atoms. The van der Waals surface area contributed by atoms with Crippen molar-refractivity contribution in [2.24, 2.45) is 5.92 Å². The van der Waals surface area contributed by atoms with Crippen molar-refractivity contribution in [3.8, 4) is 0 Å². The Bertz CT molecular complexity index is 1120. The molecule has 3 heterocycles. The average molecular weight is 508 g/mol. The lowest BCUT2D eigenvalue weighted by molar-refractivity contribution is -0.152. The smallest absolute Gasteiger partial charge is 0.416 e. The third-order valence-corrected chi connectivity index (χ3v) is 6.73. The molecular weight excluding hydrogens is 481 g/mol. The number of likely N-dealkylation sites (tertiary alicyclic amines) is 1. The Labute approximate surface area is 205 Å². The molecule has 3 aliphatic rings. The van der Waals surface area contributed by atoms with E-state index in [1.54, 1.807) is 6.92 Å². The molecular formula is C24H27F3N4O5. The van der Waals surface area contributed by atoms with Crippen LogP contribution in [0.15, 0.2) is 35.5 Å². The van der Waals surface area contributed by atoms with Gasteiger partial charge in [0, 0.05) is 20.1 Å². The van der Waals surface area contributed by atoms with Gasteiger partial charge < -0.3 is 19.9 Å². The van der Waals surface area contributed by atoms with Gasteiger partial charge >= 0.3 is 18.2 Å².